The zero-order valence-electron chi connectivity index (χ0n) is 10.5. The molecule has 0 bridgehead atoms. The van der Waals surface area contributed by atoms with E-state index in [0.29, 0.717) is 6.54 Å². The van der Waals surface area contributed by atoms with Gasteiger partial charge in [0.05, 0.1) is 11.7 Å². The van der Waals surface area contributed by atoms with E-state index in [1.54, 1.807) is 0 Å². The molecule has 1 unspecified atom stereocenters. The Morgan fingerprint density at radius 3 is 3.11 bits per heavy atom. The zero-order valence-corrected chi connectivity index (χ0v) is 11.3. The predicted molar refractivity (Wildman–Crippen MR) is 76.9 cm³/mol. The van der Waals surface area contributed by atoms with Crippen LogP contribution in [0.2, 0.25) is 0 Å². The van der Waals surface area contributed by atoms with Crippen molar-refractivity contribution in [1.82, 2.24) is 9.38 Å². The van der Waals surface area contributed by atoms with Crippen LogP contribution in [-0.2, 0) is 13.0 Å². The van der Waals surface area contributed by atoms with Gasteiger partial charge in [-0.2, -0.15) is 11.8 Å². The first-order valence-electron chi connectivity index (χ1n) is 6.64. The van der Waals surface area contributed by atoms with Crippen molar-refractivity contribution in [3.8, 4) is 0 Å². The number of imidazole rings is 1. The maximum atomic E-state index is 5.82. The summed E-state index contributed by atoms with van der Waals surface area (Å²) in [6, 6.07) is 6.24. The third kappa shape index (κ3) is 2.27. The molecular weight excluding hydrogens is 242 g/mol. The summed E-state index contributed by atoms with van der Waals surface area (Å²) in [5.41, 5.74) is 8.14. The molecule has 3 heterocycles. The highest BCUT2D eigenvalue weighted by Crippen LogP contribution is 2.28. The van der Waals surface area contributed by atoms with Gasteiger partial charge in [-0.1, -0.05) is 12.5 Å². The Hall–Kier alpha value is -1.00. The van der Waals surface area contributed by atoms with Gasteiger partial charge in [0, 0.05) is 23.9 Å². The Morgan fingerprint density at radius 1 is 1.39 bits per heavy atom. The van der Waals surface area contributed by atoms with Crippen molar-refractivity contribution >= 4 is 17.3 Å². The smallest absolute Gasteiger partial charge is 0.114 e. The number of pyridine rings is 1. The molecule has 3 nitrogen and oxygen atoms in total. The molecule has 1 saturated heterocycles. The zero-order chi connectivity index (χ0) is 12.4. The van der Waals surface area contributed by atoms with Crippen LogP contribution in [0.4, 0.5) is 0 Å². The SMILES string of the molecule is NCc1cccc2cnc(CC3CCCCS3)n12. The van der Waals surface area contributed by atoms with E-state index in [0.717, 1.165) is 22.9 Å². The lowest BCUT2D eigenvalue weighted by Crippen LogP contribution is -2.15. The second-order valence-electron chi connectivity index (χ2n) is 4.85. The van der Waals surface area contributed by atoms with Crippen LogP contribution in [0.25, 0.3) is 5.52 Å². The molecule has 0 amide bonds. The van der Waals surface area contributed by atoms with E-state index >= 15 is 0 Å². The molecule has 0 aromatic carbocycles. The van der Waals surface area contributed by atoms with Crippen molar-refractivity contribution < 1.29 is 0 Å². The Balaban J connectivity index is 1.91. The molecule has 18 heavy (non-hydrogen) atoms. The third-order valence-electron chi connectivity index (χ3n) is 3.60. The minimum atomic E-state index is 0.568. The number of thioether (sulfide) groups is 1. The number of rotatable bonds is 3. The fraction of sp³-hybridized carbons (Fsp3) is 0.500. The summed E-state index contributed by atoms with van der Waals surface area (Å²) in [4.78, 5) is 4.59. The first kappa shape index (κ1) is 12.1. The van der Waals surface area contributed by atoms with Gasteiger partial charge in [0.1, 0.15) is 5.82 Å². The van der Waals surface area contributed by atoms with Crippen LogP contribution in [0.15, 0.2) is 24.4 Å². The van der Waals surface area contributed by atoms with Crippen LogP contribution in [0.3, 0.4) is 0 Å². The van der Waals surface area contributed by atoms with Crippen molar-refractivity contribution in [3.63, 3.8) is 0 Å². The number of nitrogens with zero attached hydrogens (tertiary/aromatic N) is 2. The van der Waals surface area contributed by atoms with Crippen molar-refractivity contribution in [2.24, 2.45) is 5.73 Å². The number of hydrogen-bond donors (Lipinski definition) is 1. The minimum absolute atomic E-state index is 0.568. The van der Waals surface area contributed by atoms with Gasteiger partial charge in [-0.05, 0) is 30.7 Å². The molecule has 0 radical (unpaired) electrons. The van der Waals surface area contributed by atoms with Gasteiger partial charge in [0.15, 0.2) is 0 Å². The van der Waals surface area contributed by atoms with Crippen LogP contribution in [0.5, 0.6) is 0 Å². The summed E-state index contributed by atoms with van der Waals surface area (Å²) >= 11 is 2.10. The molecule has 0 spiro atoms. The summed E-state index contributed by atoms with van der Waals surface area (Å²) in [6.07, 6.45) is 7.09. The summed E-state index contributed by atoms with van der Waals surface area (Å²) in [7, 11) is 0. The summed E-state index contributed by atoms with van der Waals surface area (Å²) in [5, 5.41) is 0.732. The lowest BCUT2D eigenvalue weighted by molar-refractivity contribution is 0.644. The Bertz CT molecular complexity index is 529. The molecule has 96 valence electrons. The van der Waals surface area contributed by atoms with Crippen LogP contribution in [-0.4, -0.2) is 20.4 Å². The van der Waals surface area contributed by atoms with Crippen molar-refractivity contribution in [3.05, 3.63) is 35.9 Å². The molecule has 0 saturated carbocycles. The highest BCUT2D eigenvalue weighted by Gasteiger charge is 2.17. The van der Waals surface area contributed by atoms with E-state index in [1.807, 2.05) is 6.20 Å². The number of hydrogen-bond acceptors (Lipinski definition) is 3. The van der Waals surface area contributed by atoms with Gasteiger partial charge in [0.25, 0.3) is 0 Å². The summed E-state index contributed by atoms with van der Waals surface area (Å²) in [6.45, 7) is 0.568. The summed E-state index contributed by atoms with van der Waals surface area (Å²) < 4.78 is 2.23. The van der Waals surface area contributed by atoms with Gasteiger partial charge in [0.2, 0.25) is 0 Å². The lowest BCUT2D eigenvalue weighted by atomic mass is 10.1. The van der Waals surface area contributed by atoms with Gasteiger partial charge >= 0.3 is 0 Å². The molecule has 4 heteroatoms. The minimum Gasteiger partial charge on any atom is -0.325 e. The number of aromatic nitrogens is 2. The van der Waals surface area contributed by atoms with Crippen LogP contribution >= 0.6 is 11.8 Å². The normalized spacial score (nSPS) is 20.4. The standard InChI is InChI=1S/C14H19N3S/c15-9-11-4-3-5-12-10-16-14(17(11)12)8-13-6-1-2-7-18-13/h3-5,10,13H,1-2,6-9,15H2. The molecule has 2 N–H and O–H groups in total. The van der Waals surface area contributed by atoms with Gasteiger partial charge in [-0.15, -0.1) is 0 Å². The highest BCUT2D eigenvalue weighted by molar-refractivity contribution is 7.99. The Morgan fingerprint density at radius 2 is 2.33 bits per heavy atom. The Kier molecular flexibility index (Phi) is 3.57. The fourth-order valence-corrected chi connectivity index (χ4v) is 3.97. The van der Waals surface area contributed by atoms with E-state index in [1.165, 1.54) is 30.8 Å². The van der Waals surface area contributed by atoms with Crippen molar-refractivity contribution in [2.45, 2.75) is 37.5 Å². The molecule has 2 aromatic rings. The molecule has 3 rings (SSSR count). The molecule has 1 fully saturated rings. The third-order valence-corrected chi connectivity index (χ3v) is 5.00. The monoisotopic (exact) mass is 261 g/mol. The average Bonchev–Trinajstić information content (AvgIpc) is 2.83. The van der Waals surface area contributed by atoms with E-state index in [9.17, 15) is 0 Å². The van der Waals surface area contributed by atoms with E-state index in [2.05, 4.69) is 39.3 Å². The first-order valence-corrected chi connectivity index (χ1v) is 7.69. The largest absolute Gasteiger partial charge is 0.325 e. The Labute approximate surface area is 112 Å². The van der Waals surface area contributed by atoms with Gasteiger partial charge < -0.3 is 5.73 Å². The van der Waals surface area contributed by atoms with E-state index in [-0.39, 0.29) is 0 Å². The summed E-state index contributed by atoms with van der Waals surface area (Å²) in [5.74, 6) is 2.48. The molecule has 2 aromatic heterocycles. The van der Waals surface area contributed by atoms with Crippen molar-refractivity contribution in [2.75, 3.05) is 5.75 Å². The number of fused-ring (bicyclic) bond motifs is 1. The fourth-order valence-electron chi connectivity index (χ4n) is 2.66. The quantitative estimate of drug-likeness (QED) is 0.923. The maximum absolute atomic E-state index is 5.82. The molecule has 1 aliphatic heterocycles. The highest BCUT2D eigenvalue weighted by atomic mass is 32.2. The predicted octanol–water partition coefficient (Wildman–Crippen LogP) is 2.62. The topological polar surface area (TPSA) is 43.3 Å². The molecule has 0 aliphatic carbocycles. The first-order chi connectivity index (χ1) is 8.88. The van der Waals surface area contributed by atoms with Gasteiger partial charge in [-0.25, -0.2) is 4.98 Å². The van der Waals surface area contributed by atoms with Crippen LogP contribution < -0.4 is 5.73 Å². The second-order valence-corrected chi connectivity index (χ2v) is 6.26. The molecule has 1 atom stereocenters. The second kappa shape index (κ2) is 5.33. The molecule has 1 aliphatic rings. The van der Waals surface area contributed by atoms with Crippen LogP contribution in [0, 0.1) is 0 Å². The maximum Gasteiger partial charge on any atom is 0.114 e. The van der Waals surface area contributed by atoms with Crippen LogP contribution in [0.1, 0.15) is 30.8 Å². The number of nitrogens with two attached hydrogens (primary N) is 1. The van der Waals surface area contributed by atoms with E-state index < -0.39 is 0 Å². The molecular formula is C14H19N3S. The van der Waals surface area contributed by atoms with E-state index in [4.69, 9.17) is 5.73 Å². The average molecular weight is 261 g/mol. The lowest BCUT2D eigenvalue weighted by Gasteiger charge is -2.20. The van der Waals surface area contributed by atoms with Gasteiger partial charge in [-0.3, -0.25) is 4.40 Å². The van der Waals surface area contributed by atoms with Crippen molar-refractivity contribution in [1.29, 1.82) is 0 Å².